The first-order valence-corrected chi connectivity index (χ1v) is 7.84. The van der Waals surface area contributed by atoms with Crippen LogP contribution in [0.5, 0.6) is 0 Å². The Balaban J connectivity index is 2.40. The average molecular weight is 302 g/mol. The van der Waals surface area contributed by atoms with Crippen molar-refractivity contribution in [1.82, 2.24) is 4.31 Å². The van der Waals surface area contributed by atoms with Gasteiger partial charge in [-0.1, -0.05) is 24.7 Å². The van der Waals surface area contributed by atoms with Gasteiger partial charge in [-0.25, -0.2) is 12.8 Å². The minimum Gasteiger partial charge on any atom is -0.392 e. The van der Waals surface area contributed by atoms with Crippen molar-refractivity contribution in [2.75, 3.05) is 6.54 Å². The molecule has 1 saturated heterocycles. The molecule has 0 saturated carbocycles. The Kier molecular flexibility index (Phi) is 4.17. The summed E-state index contributed by atoms with van der Waals surface area (Å²) >= 11 is 4.93. The van der Waals surface area contributed by atoms with Crippen molar-refractivity contribution in [3.63, 3.8) is 0 Å². The highest BCUT2D eigenvalue weighted by Gasteiger charge is 2.35. The second-order valence-corrected chi connectivity index (χ2v) is 6.85. The van der Waals surface area contributed by atoms with E-state index in [2.05, 4.69) is 0 Å². The Morgan fingerprint density at radius 1 is 1.42 bits per heavy atom. The topological polar surface area (TPSA) is 63.4 Å². The first-order chi connectivity index (χ1) is 8.93. The number of nitrogens with two attached hydrogens (primary N) is 1. The number of rotatable bonds is 3. The van der Waals surface area contributed by atoms with Crippen LogP contribution >= 0.6 is 12.2 Å². The second-order valence-electron chi connectivity index (χ2n) is 4.49. The molecule has 1 aliphatic heterocycles. The molecule has 1 heterocycles. The lowest BCUT2D eigenvalue weighted by Gasteiger charge is -2.33. The van der Waals surface area contributed by atoms with Gasteiger partial charge in [0.05, 0.1) is 15.9 Å². The van der Waals surface area contributed by atoms with Crippen LogP contribution in [0.15, 0.2) is 29.2 Å². The van der Waals surface area contributed by atoms with Gasteiger partial charge in [-0.2, -0.15) is 4.31 Å². The molecule has 0 aromatic heterocycles. The fourth-order valence-electron chi connectivity index (χ4n) is 2.24. The fraction of sp³-hybridized carbons (Fsp3) is 0.417. The smallest absolute Gasteiger partial charge is 0.243 e. The molecule has 1 aromatic carbocycles. The number of nitrogens with zero attached hydrogens (tertiary/aromatic N) is 1. The minimum atomic E-state index is -3.75. The van der Waals surface area contributed by atoms with Crippen molar-refractivity contribution in [3.8, 4) is 0 Å². The van der Waals surface area contributed by atoms with Crippen LogP contribution in [0.1, 0.15) is 19.3 Å². The molecular formula is C12H15FN2O2S2. The summed E-state index contributed by atoms with van der Waals surface area (Å²) in [5, 5.41) is 0. The lowest BCUT2D eigenvalue weighted by molar-refractivity contribution is 0.306. The summed E-state index contributed by atoms with van der Waals surface area (Å²) in [5.41, 5.74) is 5.61. The molecule has 2 N–H and O–H groups in total. The van der Waals surface area contributed by atoms with Gasteiger partial charge in [-0.15, -0.1) is 0 Å². The van der Waals surface area contributed by atoms with E-state index in [4.69, 9.17) is 18.0 Å². The van der Waals surface area contributed by atoms with Gasteiger partial charge in [-0.05, 0) is 31.0 Å². The standard InChI is InChI=1S/C12H15FN2O2S2/c13-9-4-3-5-10(8-9)19(16,17)15-7-2-1-6-11(15)12(14)18/h3-5,8,11H,1-2,6-7H2,(H2,14,18). The monoisotopic (exact) mass is 302 g/mol. The number of benzene rings is 1. The fourth-order valence-corrected chi connectivity index (χ4v) is 4.26. The number of hydrogen-bond donors (Lipinski definition) is 1. The highest BCUT2D eigenvalue weighted by atomic mass is 32.2. The molecule has 1 unspecified atom stereocenters. The van der Waals surface area contributed by atoms with Crippen molar-refractivity contribution in [2.45, 2.75) is 30.2 Å². The first kappa shape index (κ1) is 14.4. The van der Waals surface area contributed by atoms with Gasteiger partial charge in [0.25, 0.3) is 0 Å². The van der Waals surface area contributed by atoms with E-state index in [0.717, 1.165) is 18.9 Å². The summed E-state index contributed by atoms with van der Waals surface area (Å²) in [4.78, 5) is 0.107. The van der Waals surface area contributed by atoms with Crippen LogP contribution in [0, 0.1) is 5.82 Å². The zero-order valence-corrected chi connectivity index (χ0v) is 11.9. The quantitative estimate of drug-likeness (QED) is 0.863. The lowest BCUT2D eigenvalue weighted by Crippen LogP contribution is -2.49. The van der Waals surface area contributed by atoms with Gasteiger partial charge >= 0.3 is 0 Å². The van der Waals surface area contributed by atoms with Gasteiger partial charge in [0.2, 0.25) is 10.0 Å². The van der Waals surface area contributed by atoms with E-state index in [1.807, 2.05) is 0 Å². The maximum Gasteiger partial charge on any atom is 0.243 e. The molecule has 1 aromatic rings. The van der Waals surface area contributed by atoms with E-state index in [-0.39, 0.29) is 9.88 Å². The second kappa shape index (κ2) is 5.52. The third-order valence-electron chi connectivity index (χ3n) is 3.18. The number of sulfonamides is 1. The van der Waals surface area contributed by atoms with Crippen molar-refractivity contribution >= 4 is 27.2 Å². The van der Waals surface area contributed by atoms with E-state index < -0.39 is 21.9 Å². The highest BCUT2D eigenvalue weighted by Crippen LogP contribution is 2.25. The van der Waals surface area contributed by atoms with E-state index in [9.17, 15) is 12.8 Å². The number of halogens is 1. The molecule has 1 fully saturated rings. The molecule has 1 aliphatic rings. The summed E-state index contributed by atoms with van der Waals surface area (Å²) in [7, 11) is -3.75. The Hall–Kier alpha value is -1.05. The molecule has 2 rings (SSSR count). The molecular weight excluding hydrogens is 287 g/mol. The van der Waals surface area contributed by atoms with Crippen LogP contribution in [-0.2, 0) is 10.0 Å². The molecule has 1 atom stereocenters. The molecule has 0 radical (unpaired) electrons. The molecule has 19 heavy (non-hydrogen) atoms. The minimum absolute atomic E-state index is 0.0596. The maximum atomic E-state index is 13.2. The molecule has 4 nitrogen and oxygen atoms in total. The molecule has 0 spiro atoms. The van der Waals surface area contributed by atoms with Crippen LogP contribution < -0.4 is 5.73 Å². The van der Waals surface area contributed by atoms with E-state index >= 15 is 0 Å². The van der Waals surface area contributed by atoms with Gasteiger partial charge in [0, 0.05) is 6.54 Å². The molecule has 7 heteroatoms. The van der Waals surface area contributed by atoms with Crippen LogP contribution in [-0.4, -0.2) is 30.3 Å². The Morgan fingerprint density at radius 2 is 2.16 bits per heavy atom. The third-order valence-corrected chi connectivity index (χ3v) is 5.36. The highest BCUT2D eigenvalue weighted by molar-refractivity contribution is 7.89. The zero-order valence-electron chi connectivity index (χ0n) is 10.3. The van der Waals surface area contributed by atoms with Crippen LogP contribution in [0.4, 0.5) is 4.39 Å². The van der Waals surface area contributed by atoms with E-state index in [0.29, 0.717) is 13.0 Å². The van der Waals surface area contributed by atoms with Crippen molar-refractivity contribution < 1.29 is 12.8 Å². The molecule has 0 amide bonds. The lowest BCUT2D eigenvalue weighted by atomic mass is 10.1. The first-order valence-electron chi connectivity index (χ1n) is 5.99. The van der Waals surface area contributed by atoms with Crippen LogP contribution in [0.3, 0.4) is 0 Å². The largest absolute Gasteiger partial charge is 0.392 e. The summed E-state index contributed by atoms with van der Waals surface area (Å²) in [6.45, 7) is 0.362. The van der Waals surface area contributed by atoms with Crippen molar-refractivity contribution in [1.29, 1.82) is 0 Å². The van der Waals surface area contributed by atoms with E-state index in [1.165, 1.54) is 22.5 Å². The van der Waals surface area contributed by atoms with Crippen LogP contribution in [0.25, 0.3) is 0 Å². The van der Waals surface area contributed by atoms with E-state index in [1.54, 1.807) is 0 Å². The summed E-state index contributed by atoms with van der Waals surface area (Å²) in [6.07, 6.45) is 2.26. The Bertz CT molecular complexity index is 589. The van der Waals surface area contributed by atoms with Crippen molar-refractivity contribution in [3.05, 3.63) is 30.1 Å². The molecule has 0 aliphatic carbocycles. The normalized spacial score (nSPS) is 21.2. The Morgan fingerprint density at radius 3 is 2.79 bits per heavy atom. The van der Waals surface area contributed by atoms with Gasteiger partial charge in [0.15, 0.2) is 0 Å². The molecule has 0 bridgehead atoms. The third kappa shape index (κ3) is 2.93. The zero-order chi connectivity index (χ0) is 14.0. The van der Waals surface area contributed by atoms with Gasteiger partial charge in [-0.3, -0.25) is 0 Å². The number of thiocarbonyl (C=S) groups is 1. The summed E-state index contributed by atoms with van der Waals surface area (Å²) in [5.74, 6) is -0.579. The predicted molar refractivity (Wildman–Crippen MR) is 74.7 cm³/mol. The predicted octanol–water partition coefficient (Wildman–Crippen LogP) is 1.66. The summed E-state index contributed by atoms with van der Waals surface area (Å²) < 4.78 is 39.5. The maximum absolute atomic E-state index is 13.2. The number of hydrogen-bond acceptors (Lipinski definition) is 3. The average Bonchev–Trinajstić information content (AvgIpc) is 2.38. The SMILES string of the molecule is NC(=S)C1CCCCN1S(=O)(=O)c1cccc(F)c1. The van der Waals surface area contributed by atoms with Crippen LogP contribution in [0.2, 0.25) is 0 Å². The number of piperidine rings is 1. The molecule has 104 valence electrons. The summed E-state index contributed by atoms with van der Waals surface area (Å²) in [6, 6.07) is 4.50. The Labute approximate surface area is 117 Å². The van der Waals surface area contributed by atoms with Crippen molar-refractivity contribution in [2.24, 2.45) is 5.73 Å². The van der Waals surface area contributed by atoms with Gasteiger partial charge in [0.1, 0.15) is 5.82 Å². The van der Waals surface area contributed by atoms with Gasteiger partial charge < -0.3 is 5.73 Å².